The van der Waals surface area contributed by atoms with Crippen LogP contribution in [0.15, 0.2) is 42.5 Å². The fraction of sp³-hybridized carbons (Fsp3) is 0.0667. The summed E-state index contributed by atoms with van der Waals surface area (Å²) in [6.07, 6.45) is 0.177. The van der Waals surface area contributed by atoms with E-state index in [0.717, 1.165) is 11.0 Å². The maximum absolute atomic E-state index is 12.2. The van der Waals surface area contributed by atoms with Crippen molar-refractivity contribution in [1.29, 1.82) is 0 Å². The molecule has 0 atom stereocenters. The molecule has 3 rings (SSSR count). The Morgan fingerprint density at radius 2 is 1.95 bits per heavy atom. The van der Waals surface area contributed by atoms with Gasteiger partial charge in [0.1, 0.15) is 5.82 Å². The van der Waals surface area contributed by atoms with Crippen molar-refractivity contribution in [3.63, 3.8) is 0 Å². The third kappa shape index (κ3) is 2.55. The number of hydrogen-bond donors (Lipinski definition) is 1. The molecule has 0 saturated carbocycles. The van der Waals surface area contributed by atoms with Crippen LogP contribution in [0.1, 0.15) is 16.2 Å². The second kappa shape index (κ2) is 5.27. The van der Waals surface area contributed by atoms with Gasteiger partial charge in [0, 0.05) is 10.6 Å². The maximum Gasteiger partial charge on any atom is 0.171 e. The highest BCUT2D eigenvalue weighted by Crippen LogP contribution is 2.22. The van der Waals surface area contributed by atoms with Crippen molar-refractivity contribution in [3.05, 3.63) is 63.9 Å². The summed E-state index contributed by atoms with van der Waals surface area (Å²) in [5.41, 5.74) is 2.21. The van der Waals surface area contributed by atoms with Crippen molar-refractivity contribution in [2.45, 2.75) is 6.42 Å². The molecule has 20 heavy (non-hydrogen) atoms. The Morgan fingerprint density at radius 3 is 2.70 bits per heavy atom. The minimum Gasteiger partial charge on any atom is -0.342 e. The Hall–Kier alpha value is -1.84. The molecule has 1 heterocycles. The molecule has 0 fully saturated rings. The molecule has 100 valence electrons. The summed E-state index contributed by atoms with van der Waals surface area (Å²) in [5, 5.41) is 0.869. The predicted octanol–water partition coefficient (Wildman–Crippen LogP) is 4.30. The molecule has 0 unspecified atom stereocenters. The lowest BCUT2D eigenvalue weighted by molar-refractivity contribution is 0.0991. The molecule has 0 spiro atoms. The molecule has 1 N–H and O–H groups in total. The number of benzene rings is 2. The highest BCUT2D eigenvalue weighted by atomic mass is 35.5. The Balaban J connectivity index is 1.88. The zero-order valence-corrected chi connectivity index (χ0v) is 11.9. The van der Waals surface area contributed by atoms with Gasteiger partial charge in [-0.05, 0) is 30.3 Å². The van der Waals surface area contributed by atoms with Crippen molar-refractivity contribution in [3.8, 4) is 0 Å². The highest BCUT2D eigenvalue weighted by molar-refractivity contribution is 6.36. The fourth-order valence-corrected chi connectivity index (χ4v) is 2.57. The average Bonchev–Trinajstić information content (AvgIpc) is 2.80. The first-order valence-corrected chi connectivity index (χ1v) is 6.81. The van der Waals surface area contributed by atoms with Crippen molar-refractivity contribution >= 4 is 40.0 Å². The third-order valence-corrected chi connectivity index (χ3v) is 3.55. The summed E-state index contributed by atoms with van der Waals surface area (Å²) in [6.45, 7) is 0. The number of carbonyl (C=O) groups excluding carboxylic acids is 1. The van der Waals surface area contributed by atoms with Crippen LogP contribution in [0.2, 0.25) is 10.0 Å². The maximum atomic E-state index is 12.2. The molecular formula is C15H10Cl2N2O. The van der Waals surface area contributed by atoms with E-state index in [1.807, 2.05) is 24.3 Å². The van der Waals surface area contributed by atoms with Crippen LogP contribution < -0.4 is 0 Å². The summed E-state index contributed by atoms with van der Waals surface area (Å²) in [6, 6.07) is 12.5. The lowest BCUT2D eigenvalue weighted by Crippen LogP contribution is -2.05. The summed E-state index contributed by atoms with van der Waals surface area (Å²) in [5.74, 6) is 0.535. The van der Waals surface area contributed by atoms with Crippen LogP contribution in [0.25, 0.3) is 11.0 Å². The first kappa shape index (κ1) is 13.2. The van der Waals surface area contributed by atoms with Gasteiger partial charge in [0.25, 0.3) is 0 Å². The molecule has 0 amide bonds. The molecule has 0 bridgehead atoms. The largest absolute Gasteiger partial charge is 0.342 e. The zero-order chi connectivity index (χ0) is 14.1. The number of aromatic amines is 1. The number of para-hydroxylation sites is 2. The number of rotatable bonds is 3. The lowest BCUT2D eigenvalue weighted by Gasteiger charge is -2.02. The van der Waals surface area contributed by atoms with E-state index < -0.39 is 0 Å². The number of aromatic nitrogens is 2. The summed E-state index contributed by atoms with van der Waals surface area (Å²) >= 11 is 11.9. The van der Waals surface area contributed by atoms with E-state index in [0.29, 0.717) is 21.4 Å². The molecule has 0 saturated heterocycles. The molecular weight excluding hydrogens is 295 g/mol. The van der Waals surface area contributed by atoms with Crippen molar-refractivity contribution < 1.29 is 4.79 Å². The van der Waals surface area contributed by atoms with Gasteiger partial charge < -0.3 is 4.98 Å². The Labute approximate surface area is 125 Å². The van der Waals surface area contributed by atoms with Crippen LogP contribution in [0, 0.1) is 0 Å². The molecule has 0 aliphatic carbocycles. The minimum absolute atomic E-state index is 0.0919. The van der Waals surface area contributed by atoms with E-state index >= 15 is 0 Å². The van der Waals surface area contributed by atoms with E-state index in [4.69, 9.17) is 23.2 Å². The average molecular weight is 305 g/mol. The number of H-pyrrole nitrogens is 1. The normalized spacial score (nSPS) is 10.9. The molecule has 3 aromatic rings. The van der Waals surface area contributed by atoms with Crippen LogP contribution >= 0.6 is 23.2 Å². The quantitative estimate of drug-likeness (QED) is 0.733. The van der Waals surface area contributed by atoms with Gasteiger partial charge in [0.15, 0.2) is 5.78 Å². The zero-order valence-electron chi connectivity index (χ0n) is 10.4. The van der Waals surface area contributed by atoms with E-state index in [-0.39, 0.29) is 12.2 Å². The van der Waals surface area contributed by atoms with Gasteiger partial charge in [-0.3, -0.25) is 4.79 Å². The number of imidazole rings is 1. The van der Waals surface area contributed by atoms with Crippen molar-refractivity contribution in [2.24, 2.45) is 0 Å². The minimum atomic E-state index is -0.0919. The molecule has 0 aliphatic rings. The monoisotopic (exact) mass is 304 g/mol. The summed E-state index contributed by atoms with van der Waals surface area (Å²) < 4.78 is 0. The van der Waals surface area contributed by atoms with E-state index in [9.17, 15) is 4.79 Å². The van der Waals surface area contributed by atoms with E-state index in [1.54, 1.807) is 18.2 Å². The fourth-order valence-electron chi connectivity index (χ4n) is 2.05. The molecule has 1 aromatic heterocycles. The molecule has 2 aromatic carbocycles. The molecule has 3 nitrogen and oxygen atoms in total. The van der Waals surface area contributed by atoms with Gasteiger partial charge in [-0.15, -0.1) is 0 Å². The van der Waals surface area contributed by atoms with Crippen LogP contribution in [-0.4, -0.2) is 15.8 Å². The summed E-state index contributed by atoms with van der Waals surface area (Å²) in [4.78, 5) is 19.7. The summed E-state index contributed by atoms with van der Waals surface area (Å²) in [7, 11) is 0. The Bertz CT molecular complexity index is 762. The van der Waals surface area contributed by atoms with Gasteiger partial charge in [-0.2, -0.15) is 0 Å². The van der Waals surface area contributed by atoms with Crippen molar-refractivity contribution in [1.82, 2.24) is 9.97 Å². The van der Waals surface area contributed by atoms with E-state index in [1.165, 1.54) is 0 Å². The van der Waals surface area contributed by atoms with Crippen molar-refractivity contribution in [2.75, 3.05) is 0 Å². The van der Waals surface area contributed by atoms with Gasteiger partial charge in [-0.1, -0.05) is 35.3 Å². The van der Waals surface area contributed by atoms with Gasteiger partial charge in [-0.25, -0.2) is 4.98 Å². The van der Waals surface area contributed by atoms with Crippen LogP contribution in [0.4, 0.5) is 0 Å². The molecule has 0 aliphatic heterocycles. The smallest absolute Gasteiger partial charge is 0.171 e. The number of carbonyl (C=O) groups is 1. The number of halogens is 2. The standard InChI is InChI=1S/C15H10Cl2N2O/c16-9-5-6-10(11(17)7-9)14(20)8-15-18-12-3-1-2-4-13(12)19-15/h1-7H,8H2,(H,18,19). The molecule has 5 heteroatoms. The second-order valence-electron chi connectivity index (χ2n) is 4.42. The SMILES string of the molecule is O=C(Cc1nc2ccccc2[nH]1)c1ccc(Cl)cc1Cl. The topological polar surface area (TPSA) is 45.8 Å². The van der Waals surface area contributed by atoms with Gasteiger partial charge in [0.2, 0.25) is 0 Å². The van der Waals surface area contributed by atoms with E-state index in [2.05, 4.69) is 9.97 Å². The molecule has 0 radical (unpaired) electrons. The first-order valence-electron chi connectivity index (χ1n) is 6.05. The van der Waals surface area contributed by atoms with Crippen LogP contribution in [0.3, 0.4) is 0 Å². The van der Waals surface area contributed by atoms with Gasteiger partial charge in [0.05, 0.1) is 22.5 Å². The Morgan fingerprint density at radius 1 is 1.15 bits per heavy atom. The number of nitrogens with zero attached hydrogens (tertiary/aromatic N) is 1. The third-order valence-electron chi connectivity index (χ3n) is 3.00. The van der Waals surface area contributed by atoms with Gasteiger partial charge >= 0.3 is 0 Å². The van der Waals surface area contributed by atoms with Crippen LogP contribution in [0.5, 0.6) is 0 Å². The predicted molar refractivity (Wildman–Crippen MR) is 80.6 cm³/mol. The number of hydrogen-bond acceptors (Lipinski definition) is 2. The first-order chi connectivity index (χ1) is 9.63. The number of nitrogens with one attached hydrogen (secondary N) is 1. The second-order valence-corrected chi connectivity index (χ2v) is 5.27. The number of fused-ring (bicyclic) bond motifs is 1. The lowest BCUT2D eigenvalue weighted by atomic mass is 10.1. The number of ketones is 1. The highest BCUT2D eigenvalue weighted by Gasteiger charge is 2.13. The number of Topliss-reactive ketones (excluding diaryl/α,β-unsaturated/α-hetero) is 1. The van der Waals surface area contributed by atoms with Crippen LogP contribution in [-0.2, 0) is 6.42 Å². The Kier molecular flexibility index (Phi) is 3.47.